The molecule has 5 nitrogen and oxygen atoms in total. The van der Waals surface area contributed by atoms with Gasteiger partial charge in [0.05, 0.1) is 12.5 Å². The molecular formula is C20H23ClN2O3. The molecule has 0 bridgehead atoms. The van der Waals surface area contributed by atoms with Crippen LogP contribution in [0.2, 0.25) is 5.02 Å². The number of aromatic nitrogens is 1. The van der Waals surface area contributed by atoms with E-state index in [1.165, 1.54) is 6.07 Å². The van der Waals surface area contributed by atoms with Gasteiger partial charge in [-0.15, -0.1) is 0 Å². The van der Waals surface area contributed by atoms with Gasteiger partial charge in [0.2, 0.25) is 11.8 Å². The van der Waals surface area contributed by atoms with Crippen molar-refractivity contribution in [1.82, 2.24) is 9.88 Å². The minimum absolute atomic E-state index is 0.0308. The van der Waals surface area contributed by atoms with Crippen molar-refractivity contribution < 1.29 is 14.6 Å². The third-order valence-corrected chi connectivity index (χ3v) is 4.55. The molecule has 1 aliphatic carbocycles. The molecule has 1 heterocycles. The molecule has 0 atom stereocenters. The van der Waals surface area contributed by atoms with Crippen LogP contribution in [0.4, 0.5) is 0 Å². The van der Waals surface area contributed by atoms with E-state index >= 15 is 0 Å². The van der Waals surface area contributed by atoms with Crippen LogP contribution in [0.1, 0.15) is 37.8 Å². The number of phenolic OH excluding ortho intramolecular Hbond substituents is 1. The van der Waals surface area contributed by atoms with Gasteiger partial charge in [-0.2, -0.15) is 0 Å². The number of rotatable bonds is 7. The van der Waals surface area contributed by atoms with Crippen LogP contribution in [0.3, 0.4) is 0 Å². The van der Waals surface area contributed by atoms with E-state index in [4.69, 9.17) is 16.3 Å². The van der Waals surface area contributed by atoms with Gasteiger partial charge in [-0.3, -0.25) is 4.79 Å². The number of pyridine rings is 1. The molecule has 138 valence electrons. The predicted molar refractivity (Wildman–Crippen MR) is 100 cm³/mol. The quantitative estimate of drug-likeness (QED) is 0.796. The summed E-state index contributed by atoms with van der Waals surface area (Å²) in [5.41, 5.74) is 1.71. The summed E-state index contributed by atoms with van der Waals surface area (Å²) in [6, 6.07) is 8.78. The van der Waals surface area contributed by atoms with Gasteiger partial charge in [0.15, 0.2) is 0 Å². The summed E-state index contributed by atoms with van der Waals surface area (Å²) >= 11 is 6.15. The maximum absolute atomic E-state index is 12.9. The van der Waals surface area contributed by atoms with E-state index in [1.54, 1.807) is 18.3 Å². The number of amides is 1. The summed E-state index contributed by atoms with van der Waals surface area (Å²) in [7, 11) is 0. The number of aromatic hydroxyl groups is 1. The lowest BCUT2D eigenvalue weighted by molar-refractivity contribution is -0.131. The SMILES string of the molecule is CC(C)Oc1cc(CN(C(=O)Cc2ccc(O)cc2Cl)C2CC2)ccn1. The van der Waals surface area contributed by atoms with E-state index in [0.717, 1.165) is 24.0 Å². The fraction of sp³-hybridized carbons (Fsp3) is 0.400. The smallest absolute Gasteiger partial charge is 0.227 e. The predicted octanol–water partition coefficient (Wildman–Crippen LogP) is 3.96. The number of nitrogens with zero attached hydrogens (tertiary/aromatic N) is 2. The Bertz CT molecular complexity index is 790. The first-order valence-corrected chi connectivity index (χ1v) is 9.18. The maximum Gasteiger partial charge on any atom is 0.227 e. The van der Waals surface area contributed by atoms with Crippen molar-refractivity contribution in [2.24, 2.45) is 0 Å². The normalized spacial score (nSPS) is 13.7. The highest BCUT2D eigenvalue weighted by Crippen LogP contribution is 2.30. The zero-order valence-electron chi connectivity index (χ0n) is 15.0. The summed E-state index contributed by atoms with van der Waals surface area (Å²) in [5, 5.41) is 9.87. The molecule has 1 N–H and O–H groups in total. The maximum atomic E-state index is 12.9. The van der Waals surface area contributed by atoms with Gasteiger partial charge < -0.3 is 14.7 Å². The van der Waals surface area contributed by atoms with Crippen LogP contribution in [0.25, 0.3) is 0 Å². The highest BCUT2D eigenvalue weighted by Gasteiger charge is 2.32. The summed E-state index contributed by atoms with van der Waals surface area (Å²) in [6.07, 6.45) is 4.02. The van der Waals surface area contributed by atoms with Crippen molar-refractivity contribution in [3.05, 3.63) is 52.7 Å². The van der Waals surface area contributed by atoms with Crippen LogP contribution in [0, 0.1) is 0 Å². The van der Waals surface area contributed by atoms with Crippen molar-refractivity contribution in [2.75, 3.05) is 0 Å². The minimum atomic E-state index is 0.0308. The van der Waals surface area contributed by atoms with E-state index in [9.17, 15) is 9.90 Å². The largest absolute Gasteiger partial charge is 0.508 e. The fourth-order valence-corrected chi connectivity index (χ4v) is 3.04. The second-order valence-corrected chi connectivity index (χ2v) is 7.28. The molecule has 0 saturated heterocycles. The Hall–Kier alpha value is -2.27. The standard InChI is InChI=1S/C20H23ClN2O3/c1-13(2)26-19-9-14(7-8-22-19)12-23(16-4-5-16)20(25)10-15-3-6-17(24)11-18(15)21/h3,6-9,11,13,16,24H,4-5,10,12H2,1-2H3. The third-order valence-electron chi connectivity index (χ3n) is 4.19. The van der Waals surface area contributed by atoms with Gasteiger partial charge >= 0.3 is 0 Å². The topological polar surface area (TPSA) is 62.7 Å². The number of phenols is 1. The molecule has 3 rings (SSSR count). The van der Waals surface area contributed by atoms with Gasteiger partial charge in [-0.05, 0) is 56.0 Å². The van der Waals surface area contributed by atoms with Crippen molar-refractivity contribution in [3.63, 3.8) is 0 Å². The Kier molecular flexibility index (Phi) is 5.67. The average molecular weight is 375 g/mol. The summed E-state index contributed by atoms with van der Waals surface area (Å²) in [5.74, 6) is 0.699. The molecule has 1 amide bonds. The van der Waals surface area contributed by atoms with Crippen LogP contribution in [0.15, 0.2) is 36.5 Å². The zero-order chi connectivity index (χ0) is 18.7. The van der Waals surface area contributed by atoms with E-state index in [2.05, 4.69) is 4.98 Å². The number of ether oxygens (including phenoxy) is 1. The van der Waals surface area contributed by atoms with Crippen molar-refractivity contribution in [3.8, 4) is 11.6 Å². The van der Waals surface area contributed by atoms with Crippen LogP contribution in [0.5, 0.6) is 11.6 Å². The highest BCUT2D eigenvalue weighted by atomic mass is 35.5. The summed E-state index contributed by atoms with van der Waals surface area (Å²) in [4.78, 5) is 19.0. The van der Waals surface area contributed by atoms with E-state index in [1.807, 2.05) is 30.9 Å². The minimum Gasteiger partial charge on any atom is -0.508 e. The Morgan fingerprint density at radius 2 is 2.12 bits per heavy atom. The molecule has 1 aromatic carbocycles. The molecule has 2 aromatic rings. The van der Waals surface area contributed by atoms with Gasteiger partial charge in [0.1, 0.15) is 5.75 Å². The number of hydrogen-bond acceptors (Lipinski definition) is 4. The molecule has 0 radical (unpaired) electrons. The number of halogens is 1. The van der Waals surface area contributed by atoms with E-state index < -0.39 is 0 Å². The van der Waals surface area contributed by atoms with Crippen molar-refractivity contribution >= 4 is 17.5 Å². The third kappa shape index (κ3) is 4.88. The molecule has 1 saturated carbocycles. The molecular weight excluding hydrogens is 352 g/mol. The molecule has 26 heavy (non-hydrogen) atoms. The molecule has 1 fully saturated rings. The van der Waals surface area contributed by atoms with Crippen LogP contribution >= 0.6 is 11.6 Å². The van der Waals surface area contributed by atoms with Crippen molar-refractivity contribution in [1.29, 1.82) is 0 Å². The second kappa shape index (κ2) is 7.96. The lowest BCUT2D eigenvalue weighted by Gasteiger charge is -2.23. The number of carbonyl (C=O) groups is 1. The number of hydrogen-bond donors (Lipinski definition) is 1. The Balaban J connectivity index is 1.72. The van der Waals surface area contributed by atoms with Crippen LogP contribution < -0.4 is 4.74 Å². The first-order chi connectivity index (χ1) is 12.4. The molecule has 0 aliphatic heterocycles. The van der Waals surface area contributed by atoms with Crippen LogP contribution in [-0.4, -0.2) is 33.0 Å². The summed E-state index contributed by atoms with van der Waals surface area (Å²) < 4.78 is 5.64. The van der Waals surface area contributed by atoms with Crippen LogP contribution in [-0.2, 0) is 17.8 Å². The Morgan fingerprint density at radius 1 is 1.35 bits per heavy atom. The fourth-order valence-electron chi connectivity index (χ4n) is 2.80. The van der Waals surface area contributed by atoms with E-state index in [0.29, 0.717) is 17.4 Å². The number of carbonyl (C=O) groups excluding carboxylic acids is 1. The number of benzene rings is 1. The molecule has 0 unspecified atom stereocenters. The van der Waals surface area contributed by atoms with E-state index in [-0.39, 0.29) is 30.2 Å². The highest BCUT2D eigenvalue weighted by molar-refractivity contribution is 6.31. The van der Waals surface area contributed by atoms with Gasteiger partial charge in [-0.25, -0.2) is 4.98 Å². The average Bonchev–Trinajstić information content (AvgIpc) is 3.39. The molecule has 1 aliphatic rings. The zero-order valence-corrected chi connectivity index (χ0v) is 15.7. The lowest BCUT2D eigenvalue weighted by atomic mass is 10.1. The molecule has 0 spiro atoms. The molecule has 6 heteroatoms. The Morgan fingerprint density at radius 3 is 2.77 bits per heavy atom. The first-order valence-electron chi connectivity index (χ1n) is 8.81. The van der Waals surface area contributed by atoms with Gasteiger partial charge in [0, 0.05) is 29.9 Å². The second-order valence-electron chi connectivity index (χ2n) is 6.87. The van der Waals surface area contributed by atoms with Gasteiger partial charge in [0.25, 0.3) is 0 Å². The lowest BCUT2D eigenvalue weighted by Crippen LogP contribution is -2.33. The summed E-state index contributed by atoms with van der Waals surface area (Å²) in [6.45, 7) is 4.43. The molecule has 1 aromatic heterocycles. The van der Waals surface area contributed by atoms with Gasteiger partial charge in [-0.1, -0.05) is 17.7 Å². The monoisotopic (exact) mass is 374 g/mol. The Labute approximate surface area is 158 Å². The first kappa shape index (κ1) is 18.5. The van der Waals surface area contributed by atoms with Crippen molar-refractivity contribution in [2.45, 2.75) is 51.8 Å².